The molecule has 0 bridgehead atoms. The van der Waals surface area contributed by atoms with Gasteiger partial charge in [0.15, 0.2) is 0 Å². The molecule has 2 aromatic rings. The van der Waals surface area contributed by atoms with Gasteiger partial charge >= 0.3 is 0 Å². The van der Waals surface area contributed by atoms with Gasteiger partial charge in [0.05, 0.1) is 23.3 Å². The Morgan fingerprint density at radius 2 is 1.90 bits per heavy atom. The van der Waals surface area contributed by atoms with Crippen LogP contribution in [0, 0.1) is 23.1 Å². The summed E-state index contributed by atoms with van der Waals surface area (Å²) >= 11 is 0. The van der Waals surface area contributed by atoms with Gasteiger partial charge in [0.2, 0.25) is 5.91 Å². The van der Waals surface area contributed by atoms with Crippen molar-refractivity contribution in [2.45, 2.75) is 40.2 Å². The monoisotopic (exact) mass is 406 g/mol. The fourth-order valence-corrected chi connectivity index (χ4v) is 4.56. The van der Waals surface area contributed by atoms with Crippen LogP contribution in [0.1, 0.15) is 45.7 Å². The van der Waals surface area contributed by atoms with Gasteiger partial charge in [-0.25, -0.2) is 4.39 Å². The lowest BCUT2D eigenvalue weighted by molar-refractivity contribution is -0.125. The smallest absolute Gasteiger partial charge is 0.230 e. The number of hydrogen-bond acceptors (Lipinski definition) is 3. The lowest BCUT2D eigenvalue weighted by Gasteiger charge is -2.39. The summed E-state index contributed by atoms with van der Waals surface area (Å²) < 4.78 is 14.2. The van der Waals surface area contributed by atoms with E-state index in [1.807, 2.05) is 52.0 Å². The molecule has 4 nitrogen and oxygen atoms in total. The Hall–Kier alpha value is -2.95. The third kappa shape index (κ3) is 3.53. The normalized spacial score (nSPS) is 22.5. The van der Waals surface area contributed by atoms with Crippen molar-refractivity contribution >= 4 is 23.1 Å². The quantitative estimate of drug-likeness (QED) is 0.718. The number of carbonyl (C=O) groups is 2. The summed E-state index contributed by atoms with van der Waals surface area (Å²) in [5, 5.41) is 3.44. The number of amides is 1. The van der Waals surface area contributed by atoms with Gasteiger partial charge in [0.25, 0.3) is 0 Å². The fourth-order valence-electron chi connectivity index (χ4n) is 4.56. The molecule has 1 aliphatic heterocycles. The van der Waals surface area contributed by atoms with Crippen LogP contribution in [0.5, 0.6) is 0 Å². The van der Waals surface area contributed by atoms with Gasteiger partial charge in [-0.05, 0) is 35.2 Å². The zero-order valence-corrected chi connectivity index (χ0v) is 17.8. The van der Waals surface area contributed by atoms with Crippen molar-refractivity contribution in [3.63, 3.8) is 0 Å². The SMILES string of the molecule is CC(C)C(=O)N1c2ccccc2NC2=CC(C)(C)CC(=O)C2C1c1cccc(F)c1. The lowest BCUT2D eigenvalue weighted by Crippen LogP contribution is -2.45. The Bertz CT molecular complexity index is 1040. The maximum atomic E-state index is 14.2. The molecule has 2 aromatic carbocycles. The summed E-state index contributed by atoms with van der Waals surface area (Å²) in [4.78, 5) is 28.6. The zero-order chi connectivity index (χ0) is 21.6. The van der Waals surface area contributed by atoms with Gasteiger partial charge in [0, 0.05) is 18.0 Å². The molecule has 156 valence electrons. The average Bonchev–Trinajstić information content (AvgIpc) is 2.80. The van der Waals surface area contributed by atoms with Crippen LogP contribution in [0.15, 0.2) is 60.3 Å². The molecule has 2 atom stereocenters. The molecule has 1 aliphatic carbocycles. The highest BCUT2D eigenvalue weighted by molar-refractivity contribution is 6.02. The fraction of sp³-hybridized carbons (Fsp3) is 0.360. The van der Waals surface area contributed by atoms with E-state index in [4.69, 9.17) is 0 Å². The molecule has 5 heteroatoms. The van der Waals surface area contributed by atoms with Crippen molar-refractivity contribution in [3.05, 3.63) is 71.7 Å². The zero-order valence-electron chi connectivity index (χ0n) is 17.8. The van der Waals surface area contributed by atoms with E-state index in [0.717, 1.165) is 11.4 Å². The molecule has 2 unspecified atom stereocenters. The van der Waals surface area contributed by atoms with Crippen molar-refractivity contribution in [2.24, 2.45) is 17.3 Å². The van der Waals surface area contributed by atoms with E-state index in [2.05, 4.69) is 11.4 Å². The summed E-state index contributed by atoms with van der Waals surface area (Å²) in [6.07, 6.45) is 2.46. The number of allylic oxidation sites excluding steroid dienone is 1. The maximum absolute atomic E-state index is 14.2. The van der Waals surface area contributed by atoms with Crippen LogP contribution in [0.2, 0.25) is 0 Å². The van der Waals surface area contributed by atoms with Crippen LogP contribution in [0.3, 0.4) is 0 Å². The summed E-state index contributed by atoms with van der Waals surface area (Å²) in [7, 11) is 0. The number of halogens is 1. The van der Waals surface area contributed by atoms with Gasteiger partial charge in [-0.3, -0.25) is 9.59 Å². The van der Waals surface area contributed by atoms with Gasteiger partial charge in [0.1, 0.15) is 11.6 Å². The summed E-state index contributed by atoms with van der Waals surface area (Å²) in [5.74, 6) is -1.31. The van der Waals surface area contributed by atoms with E-state index in [9.17, 15) is 14.0 Å². The first-order valence-electron chi connectivity index (χ1n) is 10.4. The highest BCUT2D eigenvalue weighted by atomic mass is 19.1. The number of benzene rings is 2. The molecule has 0 saturated heterocycles. The second-order valence-corrected chi connectivity index (χ2v) is 9.21. The lowest BCUT2D eigenvalue weighted by atomic mass is 9.72. The van der Waals surface area contributed by atoms with E-state index in [-0.39, 0.29) is 28.8 Å². The third-order valence-electron chi connectivity index (χ3n) is 5.82. The second-order valence-electron chi connectivity index (χ2n) is 9.21. The van der Waals surface area contributed by atoms with Gasteiger partial charge < -0.3 is 10.2 Å². The molecule has 1 heterocycles. The number of nitrogens with one attached hydrogen (secondary N) is 1. The number of para-hydroxylation sites is 2. The largest absolute Gasteiger partial charge is 0.357 e. The minimum Gasteiger partial charge on any atom is -0.357 e. The van der Waals surface area contributed by atoms with Crippen molar-refractivity contribution in [2.75, 3.05) is 10.2 Å². The van der Waals surface area contributed by atoms with Crippen molar-refractivity contribution in [1.82, 2.24) is 0 Å². The number of fused-ring (bicyclic) bond motifs is 2. The number of nitrogens with zero attached hydrogens (tertiary/aromatic N) is 1. The number of carbonyl (C=O) groups excluding carboxylic acids is 2. The molecule has 30 heavy (non-hydrogen) atoms. The predicted molar refractivity (Wildman–Crippen MR) is 117 cm³/mol. The van der Waals surface area contributed by atoms with Crippen LogP contribution in [0.4, 0.5) is 15.8 Å². The van der Waals surface area contributed by atoms with E-state index in [0.29, 0.717) is 17.7 Å². The minimum absolute atomic E-state index is 0.0497. The molecular formula is C25H27FN2O2. The highest BCUT2D eigenvalue weighted by Crippen LogP contribution is 2.48. The standard InChI is InChI=1S/C25H27FN2O2/c1-15(2)24(30)28-20-11-6-5-10-18(20)27-19-13-25(3,4)14-21(29)22(19)23(28)16-8-7-9-17(26)12-16/h5-13,15,22-23,27H,14H2,1-4H3. The van der Waals surface area contributed by atoms with Gasteiger partial charge in [-0.1, -0.05) is 58.0 Å². The molecular weight excluding hydrogens is 379 g/mol. The Balaban J connectivity index is 2.02. The number of ketones is 1. The Morgan fingerprint density at radius 1 is 1.17 bits per heavy atom. The topological polar surface area (TPSA) is 49.4 Å². The summed E-state index contributed by atoms with van der Waals surface area (Å²) in [6.45, 7) is 7.74. The minimum atomic E-state index is -0.624. The molecule has 0 radical (unpaired) electrons. The first-order chi connectivity index (χ1) is 14.2. The molecule has 2 aliphatic rings. The molecule has 1 amide bonds. The van der Waals surface area contributed by atoms with Crippen LogP contribution < -0.4 is 10.2 Å². The molecule has 0 aromatic heterocycles. The first kappa shape index (κ1) is 20.3. The Kier molecular flexibility index (Phi) is 5.00. The predicted octanol–water partition coefficient (Wildman–Crippen LogP) is 5.48. The molecule has 1 N–H and O–H groups in total. The van der Waals surface area contributed by atoms with E-state index < -0.39 is 12.0 Å². The first-order valence-corrected chi connectivity index (χ1v) is 10.4. The highest BCUT2D eigenvalue weighted by Gasteiger charge is 2.46. The van der Waals surface area contributed by atoms with Gasteiger partial charge in [-0.2, -0.15) is 0 Å². The van der Waals surface area contributed by atoms with Crippen LogP contribution in [-0.2, 0) is 9.59 Å². The Morgan fingerprint density at radius 3 is 2.60 bits per heavy atom. The van der Waals surface area contributed by atoms with Crippen LogP contribution in [-0.4, -0.2) is 11.7 Å². The third-order valence-corrected chi connectivity index (χ3v) is 5.82. The second kappa shape index (κ2) is 7.38. The molecule has 0 fully saturated rings. The summed E-state index contributed by atoms with van der Waals surface area (Å²) in [5.41, 5.74) is 2.57. The number of anilines is 2. The van der Waals surface area contributed by atoms with E-state index in [1.54, 1.807) is 17.0 Å². The number of Topliss-reactive ketones (excluding diaryl/α,β-unsaturated/α-hetero) is 1. The number of rotatable bonds is 2. The average molecular weight is 407 g/mol. The van der Waals surface area contributed by atoms with Crippen LogP contribution in [0.25, 0.3) is 0 Å². The van der Waals surface area contributed by atoms with E-state index in [1.165, 1.54) is 12.1 Å². The van der Waals surface area contributed by atoms with Crippen LogP contribution >= 0.6 is 0 Å². The van der Waals surface area contributed by atoms with E-state index >= 15 is 0 Å². The molecule has 0 saturated carbocycles. The summed E-state index contributed by atoms with van der Waals surface area (Å²) in [6, 6.07) is 13.2. The van der Waals surface area contributed by atoms with Crippen molar-refractivity contribution < 1.29 is 14.0 Å². The molecule has 0 spiro atoms. The van der Waals surface area contributed by atoms with Crippen molar-refractivity contribution in [1.29, 1.82) is 0 Å². The maximum Gasteiger partial charge on any atom is 0.230 e. The van der Waals surface area contributed by atoms with Crippen molar-refractivity contribution in [3.8, 4) is 0 Å². The molecule has 4 rings (SSSR count). The Labute approximate surface area is 176 Å². The van der Waals surface area contributed by atoms with Gasteiger partial charge in [-0.15, -0.1) is 0 Å². The number of hydrogen-bond donors (Lipinski definition) is 1.